The van der Waals surface area contributed by atoms with E-state index < -0.39 is 0 Å². The molecule has 0 aliphatic heterocycles. The first kappa shape index (κ1) is 12.8. The van der Waals surface area contributed by atoms with Crippen LogP contribution in [0.3, 0.4) is 0 Å². The van der Waals surface area contributed by atoms with Gasteiger partial charge in [0, 0.05) is 5.69 Å². The zero-order valence-electron chi connectivity index (χ0n) is 11.4. The first-order valence-corrected chi connectivity index (χ1v) is 6.51. The first-order valence-electron chi connectivity index (χ1n) is 6.51. The number of nitrogens with zero attached hydrogens (tertiary/aromatic N) is 2. The third-order valence-corrected chi connectivity index (χ3v) is 3.51. The summed E-state index contributed by atoms with van der Waals surface area (Å²) < 4.78 is 2.06. The number of aromatic nitrogens is 2. The second kappa shape index (κ2) is 5.36. The molecule has 0 saturated heterocycles. The van der Waals surface area contributed by atoms with Gasteiger partial charge in [-0.25, -0.2) is 4.68 Å². The highest BCUT2D eigenvalue weighted by molar-refractivity contribution is 5.46. The SMILES string of the molecule is CCc1c(CCN)cnn1-c1cccc(C)c1C. The van der Waals surface area contributed by atoms with Crippen molar-refractivity contribution in [2.45, 2.75) is 33.6 Å². The van der Waals surface area contributed by atoms with Gasteiger partial charge in [0.2, 0.25) is 0 Å². The van der Waals surface area contributed by atoms with Gasteiger partial charge >= 0.3 is 0 Å². The van der Waals surface area contributed by atoms with E-state index >= 15 is 0 Å². The fraction of sp³-hybridized carbons (Fsp3) is 0.400. The molecule has 0 unspecified atom stereocenters. The molecule has 0 radical (unpaired) electrons. The molecule has 18 heavy (non-hydrogen) atoms. The fourth-order valence-electron chi connectivity index (χ4n) is 2.32. The van der Waals surface area contributed by atoms with Crippen LogP contribution in [0.25, 0.3) is 5.69 Å². The largest absolute Gasteiger partial charge is 0.330 e. The minimum atomic E-state index is 0.672. The summed E-state index contributed by atoms with van der Waals surface area (Å²) in [5, 5.41) is 4.54. The molecule has 96 valence electrons. The van der Waals surface area contributed by atoms with Crippen LogP contribution >= 0.6 is 0 Å². The van der Waals surface area contributed by atoms with Crippen LogP contribution < -0.4 is 5.73 Å². The molecule has 0 amide bonds. The predicted octanol–water partition coefficient (Wildman–Crippen LogP) is 2.55. The van der Waals surface area contributed by atoms with Gasteiger partial charge in [0.25, 0.3) is 0 Å². The van der Waals surface area contributed by atoms with Gasteiger partial charge in [-0.05, 0) is 56.0 Å². The van der Waals surface area contributed by atoms with E-state index in [1.54, 1.807) is 0 Å². The molecule has 1 heterocycles. The third kappa shape index (κ3) is 2.18. The summed E-state index contributed by atoms with van der Waals surface area (Å²) in [4.78, 5) is 0. The first-order chi connectivity index (χ1) is 8.69. The highest BCUT2D eigenvalue weighted by Crippen LogP contribution is 2.21. The lowest BCUT2D eigenvalue weighted by Crippen LogP contribution is -2.08. The Labute approximate surface area is 109 Å². The van der Waals surface area contributed by atoms with Gasteiger partial charge in [-0.2, -0.15) is 5.10 Å². The Kier molecular flexibility index (Phi) is 3.82. The van der Waals surface area contributed by atoms with Gasteiger partial charge in [0.1, 0.15) is 0 Å². The summed E-state index contributed by atoms with van der Waals surface area (Å²) in [7, 11) is 0. The second-order valence-electron chi connectivity index (χ2n) is 4.64. The summed E-state index contributed by atoms with van der Waals surface area (Å²) in [5.41, 5.74) is 11.9. The molecule has 3 heteroatoms. The lowest BCUT2D eigenvalue weighted by molar-refractivity contribution is 0.799. The van der Waals surface area contributed by atoms with Gasteiger partial charge in [-0.3, -0.25) is 0 Å². The van der Waals surface area contributed by atoms with Crippen molar-refractivity contribution >= 4 is 0 Å². The van der Waals surface area contributed by atoms with Crippen molar-refractivity contribution < 1.29 is 0 Å². The van der Waals surface area contributed by atoms with E-state index in [1.807, 2.05) is 6.20 Å². The van der Waals surface area contributed by atoms with Crippen LogP contribution in [0, 0.1) is 13.8 Å². The molecule has 0 atom stereocenters. The summed E-state index contributed by atoms with van der Waals surface area (Å²) in [6.45, 7) is 7.12. The zero-order chi connectivity index (χ0) is 13.1. The van der Waals surface area contributed by atoms with Crippen LogP contribution in [0.2, 0.25) is 0 Å². The van der Waals surface area contributed by atoms with Crippen molar-refractivity contribution in [1.29, 1.82) is 0 Å². The second-order valence-corrected chi connectivity index (χ2v) is 4.64. The van der Waals surface area contributed by atoms with Crippen LogP contribution in [0.15, 0.2) is 24.4 Å². The molecule has 2 aromatic rings. The molecular formula is C15H21N3. The number of nitrogens with two attached hydrogens (primary N) is 1. The molecule has 1 aromatic heterocycles. The number of aryl methyl sites for hydroxylation is 1. The Morgan fingerprint density at radius 3 is 2.72 bits per heavy atom. The number of benzene rings is 1. The highest BCUT2D eigenvalue weighted by atomic mass is 15.3. The Morgan fingerprint density at radius 2 is 2.06 bits per heavy atom. The van der Waals surface area contributed by atoms with E-state index in [0.717, 1.165) is 12.8 Å². The van der Waals surface area contributed by atoms with Crippen LogP contribution in [0.5, 0.6) is 0 Å². The van der Waals surface area contributed by atoms with Crippen molar-refractivity contribution in [3.8, 4) is 5.69 Å². The molecule has 2 N–H and O–H groups in total. The van der Waals surface area contributed by atoms with E-state index in [1.165, 1.54) is 28.1 Å². The van der Waals surface area contributed by atoms with E-state index in [4.69, 9.17) is 5.73 Å². The average molecular weight is 243 g/mol. The fourth-order valence-corrected chi connectivity index (χ4v) is 2.32. The van der Waals surface area contributed by atoms with Crippen LogP contribution in [0.1, 0.15) is 29.3 Å². The molecular weight excluding hydrogens is 222 g/mol. The number of hydrogen-bond donors (Lipinski definition) is 1. The minimum Gasteiger partial charge on any atom is -0.330 e. The molecule has 0 aliphatic carbocycles. The third-order valence-electron chi connectivity index (χ3n) is 3.51. The van der Waals surface area contributed by atoms with E-state index in [2.05, 4.69) is 48.8 Å². The monoisotopic (exact) mass is 243 g/mol. The maximum Gasteiger partial charge on any atom is 0.0680 e. The zero-order valence-corrected chi connectivity index (χ0v) is 11.4. The molecule has 0 bridgehead atoms. The van der Waals surface area contributed by atoms with Crippen LogP contribution in [-0.4, -0.2) is 16.3 Å². The van der Waals surface area contributed by atoms with Crippen LogP contribution in [-0.2, 0) is 12.8 Å². The van der Waals surface area contributed by atoms with E-state index in [9.17, 15) is 0 Å². The van der Waals surface area contributed by atoms with Gasteiger partial charge in [-0.1, -0.05) is 19.1 Å². The lowest BCUT2D eigenvalue weighted by atomic mass is 10.1. The summed E-state index contributed by atoms with van der Waals surface area (Å²) in [6.07, 6.45) is 3.82. The van der Waals surface area contributed by atoms with Crippen molar-refractivity contribution in [3.05, 3.63) is 46.8 Å². The Hall–Kier alpha value is -1.61. The Morgan fingerprint density at radius 1 is 1.28 bits per heavy atom. The van der Waals surface area contributed by atoms with E-state index in [0.29, 0.717) is 6.54 Å². The van der Waals surface area contributed by atoms with Crippen LogP contribution in [0.4, 0.5) is 0 Å². The maximum absolute atomic E-state index is 5.65. The van der Waals surface area contributed by atoms with Gasteiger partial charge in [0.15, 0.2) is 0 Å². The standard InChI is InChI=1S/C15H21N3/c1-4-14-13(8-9-16)10-17-18(14)15-7-5-6-11(2)12(15)3/h5-7,10H,4,8-9,16H2,1-3H3. The van der Waals surface area contributed by atoms with Crippen molar-refractivity contribution in [2.24, 2.45) is 5.73 Å². The van der Waals surface area contributed by atoms with Crippen molar-refractivity contribution in [1.82, 2.24) is 9.78 Å². The number of hydrogen-bond acceptors (Lipinski definition) is 2. The lowest BCUT2D eigenvalue weighted by Gasteiger charge is -2.12. The minimum absolute atomic E-state index is 0.672. The molecule has 0 aliphatic rings. The van der Waals surface area contributed by atoms with Crippen molar-refractivity contribution in [3.63, 3.8) is 0 Å². The average Bonchev–Trinajstić information content (AvgIpc) is 2.76. The Balaban J connectivity index is 2.53. The molecule has 3 nitrogen and oxygen atoms in total. The quantitative estimate of drug-likeness (QED) is 0.897. The predicted molar refractivity (Wildman–Crippen MR) is 75.2 cm³/mol. The van der Waals surface area contributed by atoms with Gasteiger partial charge < -0.3 is 5.73 Å². The van der Waals surface area contributed by atoms with Gasteiger partial charge in [-0.15, -0.1) is 0 Å². The smallest absolute Gasteiger partial charge is 0.0680 e. The Bertz CT molecular complexity index is 541. The molecule has 1 aromatic carbocycles. The number of rotatable bonds is 4. The highest BCUT2D eigenvalue weighted by Gasteiger charge is 2.12. The van der Waals surface area contributed by atoms with Gasteiger partial charge in [0.05, 0.1) is 11.9 Å². The molecule has 0 spiro atoms. The maximum atomic E-state index is 5.65. The van der Waals surface area contributed by atoms with Crippen molar-refractivity contribution in [2.75, 3.05) is 6.54 Å². The summed E-state index contributed by atoms with van der Waals surface area (Å²) in [6, 6.07) is 6.34. The topological polar surface area (TPSA) is 43.8 Å². The summed E-state index contributed by atoms with van der Waals surface area (Å²) in [5.74, 6) is 0. The summed E-state index contributed by atoms with van der Waals surface area (Å²) >= 11 is 0. The molecule has 0 fully saturated rings. The van der Waals surface area contributed by atoms with E-state index in [-0.39, 0.29) is 0 Å². The normalized spacial score (nSPS) is 10.9. The molecule has 2 rings (SSSR count). The molecule has 0 saturated carbocycles.